The van der Waals surface area contributed by atoms with Gasteiger partial charge in [-0.1, -0.05) is 6.07 Å². The van der Waals surface area contributed by atoms with Gasteiger partial charge in [-0.05, 0) is 62.7 Å². The molecule has 184 valence electrons. The van der Waals surface area contributed by atoms with Crippen molar-refractivity contribution in [3.63, 3.8) is 0 Å². The Hall–Kier alpha value is -4.34. The molecule has 2 aromatic heterocycles. The third kappa shape index (κ3) is 4.37. The number of hydrogen-bond acceptors (Lipinski definition) is 7. The van der Waals surface area contributed by atoms with Crippen molar-refractivity contribution in [3.8, 4) is 28.7 Å². The molecule has 1 atom stereocenters. The Labute approximate surface area is 207 Å². The molecular weight excluding hydrogens is 463 g/mol. The molecule has 3 heterocycles. The van der Waals surface area contributed by atoms with Crippen LogP contribution in [0.15, 0.2) is 48.7 Å². The van der Waals surface area contributed by atoms with Crippen LogP contribution in [-0.4, -0.2) is 44.1 Å². The van der Waals surface area contributed by atoms with E-state index in [1.807, 2.05) is 39.0 Å². The maximum Gasteiger partial charge on any atom is 0.272 e. The van der Waals surface area contributed by atoms with Crippen molar-refractivity contribution < 1.29 is 18.7 Å². The summed E-state index contributed by atoms with van der Waals surface area (Å²) in [6, 6.07) is 11.6. The molecule has 0 spiro atoms. The fraction of sp³-hybridized carbons (Fsp3) is 0.269. The molecule has 1 aliphatic heterocycles. The number of halogens is 1. The summed E-state index contributed by atoms with van der Waals surface area (Å²) in [5.74, 6) is 1.18. The number of ether oxygens (including phenoxy) is 2. The van der Waals surface area contributed by atoms with Gasteiger partial charge in [-0.25, -0.2) is 9.37 Å². The quantitative estimate of drug-likeness (QED) is 0.428. The van der Waals surface area contributed by atoms with E-state index in [2.05, 4.69) is 25.6 Å². The fourth-order valence-corrected chi connectivity index (χ4v) is 4.38. The van der Waals surface area contributed by atoms with Gasteiger partial charge in [0.1, 0.15) is 11.6 Å². The summed E-state index contributed by atoms with van der Waals surface area (Å²) in [7, 11) is 1.59. The minimum Gasteiger partial charge on any atom is -0.493 e. The number of carbonyl (C=O) groups is 1. The number of anilines is 1. The van der Waals surface area contributed by atoms with Crippen molar-refractivity contribution in [1.29, 1.82) is 0 Å². The van der Waals surface area contributed by atoms with Gasteiger partial charge in [0.2, 0.25) is 5.91 Å². The first-order valence-corrected chi connectivity index (χ1v) is 11.5. The fourth-order valence-electron chi connectivity index (χ4n) is 4.38. The monoisotopic (exact) mass is 488 g/mol. The number of nitrogens with zero attached hydrogens (tertiary/aromatic N) is 5. The summed E-state index contributed by atoms with van der Waals surface area (Å²) < 4.78 is 26.3. The van der Waals surface area contributed by atoms with E-state index < -0.39 is 0 Å². The Morgan fingerprint density at radius 2 is 1.92 bits per heavy atom. The van der Waals surface area contributed by atoms with E-state index in [9.17, 15) is 9.18 Å². The minimum atomic E-state index is -0.341. The molecule has 9 nitrogen and oxygen atoms in total. The number of aromatic nitrogens is 5. The van der Waals surface area contributed by atoms with Gasteiger partial charge in [0.15, 0.2) is 11.5 Å². The van der Waals surface area contributed by atoms with Crippen LogP contribution in [0.5, 0.6) is 11.5 Å². The first kappa shape index (κ1) is 23.4. The second-order valence-corrected chi connectivity index (χ2v) is 8.79. The van der Waals surface area contributed by atoms with Crippen molar-refractivity contribution in [3.05, 3.63) is 71.3 Å². The van der Waals surface area contributed by atoms with Gasteiger partial charge in [-0.15, -0.1) is 5.10 Å². The lowest BCUT2D eigenvalue weighted by molar-refractivity contribution is -0.116. The predicted octanol–water partition coefficient (Wildman–Crippen LogP) is 4.44. The van der Waals surface area contributed by atoms with Crippen LogP contribution in [0.2, 0.25) is 0 Å². The number of carbonyl (C=O) groups excluding carboxylic acids is 1. The maximum atomic E-state index is 13.4. The molecule has 1 N–H and O–H groups in total. The normalized spacial score (nSPS) is 14.9. The highest BCUT2D eigenvalue weighted by Gasteiger charge is 2.34. The molecule has 36 heavy (non-hydrogen) atoms. The highest BCUT2D eigenvalue weighted by molar-refractivity contribution is 5.95. The molecular formula is C26H25FN6O3. The standard InChI is InChI=1S/C26H25FN6O3/c1-14(2)36-22-11-17(7-10-21(22)35-4)19-12-23(34)30-25-24(19)15(3)32-33(25)26-29-20(13-28-31-26)16-5-8-18(27)9-6-16/h5-11,13-14,19H,12H2,1-4H3,(H,30,34)/t19-/m1/s1. The second-order valence-electron chi connectivity index (χ2n) is 8.79. The summed E-state index contributed by atoms with van der Waals surface area (Å²) >= 11 is 0. The van der Waals surface area contributed by atoms with Crippen LogP contribution in [0.1, 0.15) is 43.0 Å². The first-order chi connectivity index (χ1) is 17.3. The molecule has 1 amide bonds. The highest BCUT2D eigenvalue weighted by atomic mass is 19.1. The molecule has 0 saturated heterocycles. The van der Waals surface area contributed by atoms with Crippen molar-refractivity contribution in [2.24, 2.45) is 0 Å². The van der Waals surface area contributed by atoms with Gasteiger partial charge < -0.3 is 14.8 Å². The van der Waals surface area contributed by atoms with E-state index in [0.717, 1.165) is 16.8 Å². The summed E-state index contributed by atoms with van der Waals surface area (Å²) in [5.41, 5.74) is 3.69. The van der Waals surface area contributed by atoms with Crippen LogP contribution in [-0.2, 0) is 4.79 Å². The average molecular weight is 489 g/mol. The highest BCUT2D eigenvalue weighted by Crippen LogP contribution is 2.42. The van der Waals surface area contributed by atoms with Crippen molar-refractivity contribution >= 4 is 11.7 Å². The molecule has 5 rings (SSSR count). The van der Waals surface area contributed by atoms with Crippen LogP contribution >= 0.6 is 0 Å². The average Bonchev–Trinajstić information content (AvgIpc) is 3.19. The molecule has 0 fully saturated rings. The number of rotatable bonds is 6. The largest absolute Gasteiger partial charge is 0.493 e. The molecule has 4 aromatic rings. The number of aryl methyl sites for hydroxylation is 1. The summed E-state index contributed by atoms with van der Waals surface area (Å²) in [5, 5.41) is 15.8. The Morgan fingerprint density at radius 3 is 2.64 bits per heavy atom. The zero-order valence-corrected chi connectivity index (χ0v) is 20.3. The number of amides is 1. The van der Waals surface area contributed by atoms with E-state index in [4.69, 9.17) is 9.47 Å². The van der Waals surface area contributed by atoms with Crippen LogP contribution < -0.4 is 14.8 Å². The number of nitrogens with one attached hydrogen (secondary N) is 1. The smallest absolute Gasteiger partial charge is 0.272 e. The summed E-state index contributed by atoms with van der Waals surface area (Å²) in [6.07, 6.45) is 1.71. The Morgan fingerprint density at radius 1 is 1.14 bits per heavy atom. The van der Waals surface area contributed by atoms with E-state index in [0.29, 0.717) is 28.6 Å². The van der Waals surface area contributed by atoms with Crippen LogP contribution in [0, 0.1) is 12.7 Å². The van der Waals surface area contributed by atoms with Crippen LogP contribution in [0.4, 0.5) is 10.2 Å². The molecule has 10 heteroatoms. The Kier molecular flexibility index (Phi) is 6.09. The van der Waals surface area contributed by atoms with E-state index in [-0.39, 0.29) is 36.1 Å². The van der Waals surface area contributed by atoms with Gasteiger partial charge in [0.05, 0.1) is 30.8 Å². The van der Waals surface area contributed by atoms with Crippen LogP contribution in [0.25, 0.3) is 17.2 Å². The van der Waals surface area contributed by atoms with E-state index in [1.54, 1.807) is 19.2 Å². The van der Waals surface area contributed by atoms with Crippen LogP contribution in [0.3, 0.4) is 0 Å². The van der Waals surface area contributed by atoms with E-state index >= 15 is 0 Å². The lowest BCUT2D eigenvalue weighted by atomic mass is 9.85. The second kappa shape index (κ2) is 9.37. The van der Waals surface area contributed by atoms with Crippen molar-refractivity contribution in [2.75, 3.05) is 12.4 Å². The Bertz CT molecular complexity index is 1430. The number of fused-ring (bicyclic) bond motifs is 1. The predicted molar refractivity (Wildman–Crippen MR) is 131 cm³/mol. The molecule has 0 bridgehead atoms. The minimum absolute atomic E-state index is 0.0399. The first-order valence-electron chi connectivity index (χ1n) is 11.5. The Balaban J connectivity index is 1.58. The number of hydrogen-bond donors (Lipinski definition) is 1. The zero-order chi connectivity index (χ0) is 25.4. The van der Waals surface area contributed by atoms with E-state index in [1.165, 1.54) is 23.0 Å². The lowest BCUT2D eigenvalue weighted by Gasteiger charge is -2.25. The van der Waals surface area contributed by atoms with Gasteiger partial charge in [0, 0.05) is 23.5 Å². The topological polar surface area (TPSA) is 104 Å². The molecule has 2 aromatic carbocycles. The van der Waals surface area contributed by atoms with Gasteiger partial charge >= 0.3 is 0 Å². The van der Waals surface area contributed by atoms with Gasteiger partial charge in [-0.3, -0.25) is 4.79 Å². The van der Waals surface area contributed by atoms with Crippen molar-refractivity contribution in [1.82, 2.24) is 25.0 Å². The molecule has 1 aliphatic rings. The maximum absolute atomic E-state index is 13.4. The lowest BCUT2D eigenvalue weighted by Crippen LogP contribution is -2.25. The summed E-state index contributed by atoms with van der Waals surface area (Å²) in [4.78, 5) is 17.4. The van der Waals surface area contributed by atoms with Gasteiger partial charge in [0.25, 0.3) is 5.95 Å². The van der Waals surface area contributed by atoms with Crippen molar-refractivity contribution in [2.45, 2.75) is 39.2 Å². The third-order valence-electron chi connectivity index (χ3n) is 5.93. The SMILES string of the molecule is COc1ccc([C@H]2CC(=O)Nc3c2c(C)nn3-c2nncc(-c3ccc(F)cc3)n2)cc1OC(C)C. The van der Waals surface area contributed by atoms with Gasteiger partial charge in [-0.2, -0.15) is 14.9 Å². The molecule has 0 unspecified atom stereocenters. The number of benzene rings is 2. The number of methoxy groups -OCH3 is 1. The molecule has 0 aliphatic carbocycles. The molecule has 0 saturated carbocycles. The third-order valence-corrected chi connectivity index (χ3v) is 5.93. The summed E-state index contributed by atoms with van der Waals surface area (Å²) in [6.45, 7) is 5.77. The zero-order valence-electron chi connectivity index (χ0n) is 20.3. The molecule has 0 radical (unpaired) electrons.